The Hall–Kier alpha value is -3.08. The summed E-state index contributed by atoms with van der Waals surface area (Å²) in [5, 5.41) is 8.85. The first kappa shape index (κ1) is 16.8. The minimum atomic E-state index is -1.63. The maximum Gasteiger partial charge on any atom is 0.422 e. The Balaban J connectivity index is 2.04. The molecule has 0 saturated heterocycles. The van der Waals surface area contributed by atoms with E-state index in [-0.39, 0.29) is 11.7 Å². The van der Waals surface area contributed by atoms with E-state index in [9.17, 15) is 9.59 Å². The van der Waals surface area contributed by atoms with E-state index in [1.807, 2.05) is 50.2 Å². The molecule has 128 valence electrons. The highest BCUT2D eigenvalue weighted by Crippen LogP contribution is 2.44. The van der Waals surface area contributed by atoms with Gasteiger partial charge in [0, 0.05) is 11.5 Å². The molecule has 1 aliphatic heterocycles. The van der Waals surface area contributed by atoms with E-state index >= 15 is 0 Å². The van der Waals surface area contributed by atoms with E-state index in [4.69, 9.17) is 14.6 Å². The lowest BCUT2D eigenvalue weighted by molar-refractivity contribution is -0.158. The molecule has 3 rings (SSSR count). The first-order valence-corrected chi connectivity index (χ1v) is 7.92. The molecule has 0 bridgehead atoms. The van der Waals surface area contributed by atoms with Crippen molar-refractivity contribution in [2.45, 2.75) is 26.2 Å². The second kappa shape index (κ2) is 6.81. The van der Waals surface area contributed by atoms with Crippen molar-refractivity contribution >= 4 is 11.9 Å². The van der Waals surface area contributed by atoms with Crippen LogP contribution >= 0.6 is 0 Å². The van der Waals surface area contributed by atoms with Crippen LogP contribution in [0.2, 0.25) is 0 Å². The van der Waals surface area contributed by atoms with Crippen LogP contribution in [0.4, 0.5) is 0 Å². The first-order chi connectivity index (χ1) is 12.0. The molecule has 1 aliphatic rings. The summed E-state index contributed by atoms with van der Waals surface area (Å²) >= 11 is 0. The molecule has 2 aromatic rings. The lowest BCUT2D eigenvalue weighted by atomic mass is 9.84. The predicted molar refractivity (Wildman–Crippen MR) is 91.7 cm³/mol. The largest absolute Gasteiger partial charge is 0.473 e. The molecule has 1 unspecified atom stereocenters. The molecule has 5 nitrogen and oxygen atoms in total. The van der Waals surface area contributed by atoms with Gasteiger partial charge in [-0.3, -0.25) is 0 Å². The fraction of sp³-hybridized carbons (Fsp3) is 0.200. The Morgan fingerprint density at radius 2 is 1.88 bits per heavy atom. The summed E-state index contributed by atoms with van der Waals surface area (Å²) < 4.78 is 10.8. The number of ether oxygens (including phenoxy) is 2. The molecule has 2 aromatic carbocycles. The second-order valence-corrected chi connectivity index (χ2v) is 6.09. The van der Waals surface area contributed by atoms with Gasteiger partial charge in [-0.15, -0.1) is 0 Å². The minimum Gasteiger partial charge on any atom is -0.473 e. The lowest BCUT2D eigenvalue weighted by Crippen LogP contribution is -2.21. The van der Waals surface area contributed by atoms with E-state index in [1.165, 1.54) is 0 Å². The van der Waals surface area contributed by atoms with E-state index in [0.29, 0.717) is 17.7 Å². The van der Waals surface area contributed by atoms with E-state index in [1.54, 1.807) is 12.3 Å². The van der Waals surface area contributed by atoms with Gasteiger partial charge in [-0.25, -0.2) is 9.59 Å². The Labute approximate surface area is 145 Å². The Morgan fingerprint density at radius 3 is 2.56 bits per heavy atom. The Morgan fingerprint density at radius 1 is 1.16 bits per heavy atom. The lowest BCUT2D eigenvalue weighted by Gasteiger charge is -2.27. The fourth-order valence-electron chi connectivity index (χ4n) is 2.98. The molecule has 0 saturated carbocycles. The van der Waals surface area contributed by atoms with Crippen LogP contribution in [0.1, 0.15) is 29.5 Å². The summed E-state index contributed by atoms with van der Waals surface area (Å²) in [4.78, 5) is 22.5. The van der Waals surface area contributed by atoms with Crippen molar-refractivity contribution in [3.05, 3.63) is 71.0 Å². The van der Waals surface area contributed by atoms with E-state index in [2.05, 4.69) is 0 Å². The van der Waals surface area contributed by atoms with Crippen LogP contribution in [0.5, 0.6) is 11.5 Å². The van der Waals surface area contributed by atoms with Crippen LogP contribution in [-0.4, -0.2) is 17.0 Å². The summed E-state index contributed by atoms with van der Waals surface area (Å²) in [5.74, 6) is -2.18. The van der Waals surface area contributed by atoms with E-state index < -0.39 is 11.9 Å². The average molecular weight is 338 g/mol. The van der Waals surface area contributed by atoms with Gasteiger partial charge in [-0.2, -0.15) is 0 Å². The number of carbonyl (C=O) groups is 2. The Kier molecular flexibility index (Phi) is 4.57. The van der Waals surface area contributed by atoms with Crippen molar-refractivity contribution in [2.75, 3.05) is 0 Å². The molecule has 0 aromatic heterocycles. The van der Waals surface area contributed by atoms with Gasteiger partial charge in [0.05, 0.1) is 6.26 Å². The van der Waals surface area contributed by atoms with Crippen LogP contribution in [0.15, 0.2) is 54.3 Å². The maximum absolute atomic E-state index is 11.6. The highest BCUT2D eigenvalue weighted by atomic mass is 16.6. The van der Waals surface area contributed by atoms with Gasteiger partial charge in [0.25, 0.3) is 0 Å². The minimum absolute atomic E-state index is 0.0663. The molecular weight excluding hydrogens is 320 g/mol. The monoisotopic (exact) mass is 338 g/mol. The average Bonchev–Trinajstić information content (AvgIpc) is 2.58. The zero-order valence-corrected chi connectivity index (χ0v) is 14.0. The highest BCUT2D eigenvalue weighted by Gasteiger charge is 2.29. The van der Waals surface area contributed by atoms with Gasteiger partial charge in [0.2, 0.25) is 0 Å². The van der Waals surface area contributed by atoms with Crippen molar-refractivity contribution in [2.24, 2.45) is 0 Å². The zero-order valence-electron chi connectivity index (χ0n) is 14.0. The predicted octanol–water partition coefficient (Wildman–Crippen LogP) is 3.61. The van der Waals surface area contributed by atoms with Crippen molar-refractivity contribution in [3.8, 4) is 11.5 Å². The quantitative estimate of drug-likeness (QED) is 0.526. The number of carboxylic acids is 1. The number of fused-ring (bicyclic) bond motifs is 1. The van der Waals surface area contributed by atoms with Crippen LogP contribution in [-0.2, 0) is 16.0 Å². The Bertz CT molecular complexity index is 852. The number of aryl methyl sites for hydroxylation is 1. The van der Waals surface area contributed by atoms with Crippen LogP contribution in [0, 0.1) is 6.92 Å². The van der Waals surface area contributed by atoms with Gasteiger partial charge >= 0.3 is 11.9 Å². The number of benzene rings is 2. The summed E-state index contributed by atoms with van der Waals surface area (Å²) in [6.45, 7) is 3.78. The van der Waals surface area contributed by atoms with Gasteiger partial charge < -0.3 is 14.6 Å². The molecule has 0 radical (unpaired) electrons. The van der Waals surface area contributed by atoms with Crippen molar-refractivity contribution in [1.82, 2.24) is 0 Å². The van der Waals surface area contributed by atoms with Gasteiger partial charge in [-0.1, -0.05) is 30.3 Å². The number of esters is 1. The molecule has 25 heavy (non-hydrogen) atoms. The molecule has 0 fully saturated rings. The number of hydrogen-bond acceptors (Lipinski definition) is 4. The standard InChI is InChI=1S/C20H18O5/c1-12-8-16-18(17(9-12)25-20(23)19(21)22)15(13(2)11-24-16)10-14-6-4-3-5-7-14/h3-9,11,15H,10H2,1-2H3,(H,21,22). The summed E-state index contributed by atoms with van der Waals surface area (Å²) in [7, 11) is 0. The van der Waals surface area contributed by atoms with E-state index in [0.717, 1.165) is 16.7 Å². The molecule has 1 atom stereocenters. The number of carboxylic acid groups (broad SMARTS) is 1. The third-order valence-corrected chi connectivity index (χ3v) is 4.18. The molecule has 5 heteroatoms. The van der Waals surface area contributed by atoms with Crippen molar-refractivity contribution in [3.63, 3.8) is 0 Å². The number of aliphatic carboxylic acids is 1. The van der Waals surface area contributed by atoms with Crippen LogP contribution in [0.25, 0.3) is 0 Å². The first-order valence-electron chi connectivity index (χ1n) is 7.92. The summed E-state index contributed by atoms with van der Waals surface area (Å²) in [6.07, 6.45) is 2.39. The highest BCUT2D eigenvalue weighted by molar-refractivity contribution is 6.29. The third-order valence-electron chi connectivity index (χ3n) is 4.18. The summed E-state index contributed by atoms with van der Waals surface area (Å²) in [6, 6.07) is 13.5. The summed E-state index contributed by atoms with van der Waals surface area (Å²) in [5.41, 5.74) is 3.62. The maximum atomic E-state index is 11.6. The molecule has 1 heterocycles. The molecule has 0 amide bonds. The molecule has 1 N–H and O–H groups in total. The van der Waals surface area contributed by atoms with Gasteiger partial charge in [-0.05, 0) is 49.1 Å². The number of rotatable bonds is 3. The van der Waals surface area contributed by atoms with Crippen LogP contribution in [0.3, 0.4) is 0 Å². The zero-order chi connectivity index (χ0) is 18.0. The number of allylic oxidation sites excluding steroid dienone is 1. The molecule has 0 spiro atoms. The molecular formula is C20H18O5. The number of carbonyl (C=O) groups excluding carboxylic acids is 1. The normalized spacial score (nSPS) is 15.6. The SMILES string of the molecule is CC1=COc2cc(C)cc(OC(=O)C(=O)O)c2C1Cc1ccccc1. The van der Waals surface area contributed by atoms with Crippen molar-refractivity contribution in [1.29, 1.82) is 0 Å². The van der Waals surface area contributed by atoms with Crippen molar-refractivity contribution < 1.29 is 24.2 Å². The second-order valence-electron chi connectivity index (χ2n) is 6.09. The molecule has 0 aliphatic carbocycles. The fourth-order valence-corrected chi connectivity index (χ4v) is 2.98. The number of hydrogen-bond donors (Lipinski definition) is 1. The van der Waals surface area contributed by atoms with Crippen LogP contribution < -0.4 is 9.47 Å². The van der Waals surface area contributed by atoms with Gasteiger partial charge in [0.15, 0.2) is 0 Å². The third kappa shape index (κ3) is 3.55. The topological polar surface area (TPSA) is 72.8 Å². The smallest absolute Gasteiger partial charge is 0.422 e. The van der Waals surface area contributed by atoms with Gasteiger partial charge in [0.1, 0.15) is 11.5 Å².